The van der Waals surface area contributed by atoms with Gasteiger partial charge >= 0.3 is 5.97 Å². The van der Waals surface area contributed by atoms with E-state index in [1.807, 2.05) is 27.7 Å². The van der Waals surface area contributed by atoms with Gasteiger partial charge in [0.2, 0.25) is 0 Å². The van der Waals surface area contributed by atoms with Crippen molar-refractivity contribution in [1.29, 1.82) is 0 Å². The lowest BCUT2D eigenvalue weighted by Crippen LogP contribution is -2.52. The number of rotatable bonds is 4. The van der Waals surface area contributed by atoms with Crippen molar-refractivity contribution in [3.63, 3.8) is 0 Å². The molecule has 2 heterocycles. The van der Waals surface area contributed by atoms with E-state index in [9.17, 15) is 9.59 Å². The van der Waals surface area contributed by atoms with Crippen LogP contribution in [0.2, 0.25) is 0 Å². The van der Waals surface area contributed by atoms with Crippen LogP contribution in [0.1, 0.15) is 81.6 Å². The minimum Gasteiger partial charge on any atom is -0.462 e. The Kier molecular flexibility index (Phi) is 10.6. The van der Waals surface area contributed by atoms with Crippen LogP contribution in [0.15, 0.2) is 0 Å². The molecule has 0 amide bonds. The predicted octanol–water partition coefficient (Wildman–Crippen LogP) is 5.18. The Morgan fingerprint density at radius 1 is 0.882 bits per heavy atom. The average molecular weight is 482 g/mol. The predicted molar refractivity (Wildman–Crippen MR) is 135 cm³/mol. The summed E-state index contributed by atoms with van der Waals surface area (Å²) in [4.78, 5) is 28.9. The second kappa shape index (κ2) is 12.3. The van der Waals surface area contributed by atoms with Gasteiger partial charge in [0.05, 0.1) is 18.1 Å². The van der Waals surface area contributed by atoms with E-state index in [0.29, 0.717) is 18.2 Å². The topological polar surface area (TPSA) is 65.1 Å². The number of Topliss-reactive ketones (excluding diaryl/α,β-unsaturated/α-hetero) is 1. The van der Waals surface area contributed by atoms with Crippen molar-refractivity contribution in [3.8, 4) is 0 Å². The molecule has 3 unspecified atom stereocenters. The Hall–Kier alpha value is -0.980. The van der Waals surface area contributed by atoms with Gasteiger partial charge < -0.3 is 19.1 Å². The number of hydrogen-bond acceptors (Lipinski definition) is 6. The minimum absolute atomic E-state index is 0.00627. The van der Waals surface area contributed by atoms with Gasteiger partial charge in [-0.15, -0.1) is 0 Å². The van der Waals surface area contributed by atoms with Crippen molar-refractivity contribution in [2.75, 3.05) is 14.1 Å². The molecule has 12 atom stereocenters. The summed E-state index contributed by atoms with van der Waals surface area (Å²) in [6.45, 7) is 18.6. The summed E-state index contributed by atoms with van der Waals surface area (Å²) < 4.78 is 19.0. The Bertz CT molecular complexity index is 682. The van der Waals surface area contributed by atoms with Crippen LogP contribution in [0, 0.1) is 41.4 Å². The van der Waals surface area contributed by atoms with Crippen LogP contribution in [-0.2, 0) is 23.8 Å². The number of hydrogen-bond donors (Lipinski definition) is 0. The Labute approximate surface area is 208 Å². The lowest BCUT2D eigenvalue weighted by molar-refractivity contribution is -0.261. The van der Waals surface area contributed by atoms with Crippen LogP contribution in [0.25, 0.3) is 0 Å². The molecule has 0 bridgehead atoms. The second-order valence-corrected chi connectivity index (χ2v) is 11.7. The number of ketones is 1. The molecule has 0 spiro atoms. The van der Waals surface area contributed by atoms with E-state index in [0.717, 1.165) is 12.8 Å². The third-order valence-corrected chi connectivity index (χ3v) is 8.89. The smallest absolute Gasteiger partial charge is 0.311 e. The standard InChI is InChI=1S/C28H51NO5/c1-12-24-19(6)18(5)20(7)25(30)15(2)13-16(3)26(22(9)27(31)33-24)34-28-21(8)23(29(10)11)14-17(4)32-28/h15-24,26,28H,12-14H2,1-11H3/t15-,16+,17-,18+,19-,20?,21?,22?,23+,24-,26+,28+/m1/s1. The van der Waals surface area contributed by atoms with Crippen molar-refractivity contribution in [2.45, 2.75) is 112 Å². The van der Waals surface area contributed by atoms with Crippen molar-refractivity contribution >= 4 is 11.8 Å². The molecule has 0 N–H and O–H groups in total. The lowest BCUT2D eigenvalue weighted by Gasteiger charge is -2.44. The van der Waals surface area contributed by atoms with Gasteiger partial charge in [-0.2, -0.15) is 0 Å². The highest BCUT2D eigenvalue weighted by Crippen LogP contribution is 2.36. The summed E-state index contributed by atoms with van der Waals surface area (Å²) in [5.74, 6) is -0.123. The third-order valence-electron chi connectivity index (χ3n) is 8.89. The summed E-state index contributed by atoms with van der Waals surface area (Å²) >= 11 is 0. The molecule has 2 saturated heterocycles. The van der Waals surface area contributed by atoms with Crippen LogP contribution in [-0.4, -0.2) is 61.4 Å². The first-order chi connectivity index (χ1) is 15.8. The molecule has 0 aromatic rings. The van der Waals surface area contributed by atoms with E-state index in [1.54, 1.807) is 0 Å². The molecule has 0 aliphatic carbocycles. The molecule has 34 heavy (non-hydrogen) atoms. The van der Waals surface area contributed by atoms with Crippen molar-refractivity contribution in [3.05, 3.63) is 0 Å². The molecule has 2 fully saturated rings. The zero-order valence-corrected chi connectivity index (χ0v) is 23.5. The van der Waals surface area contributed by atoms with Gasteiger partial charge in [0.1, 0.15) is 11.9 Å². The molecule has 0 radical (unpaired) electrons. The van der Waals surface area contributed by atoms with E-state index in [4.69, 9.17) is 14.2 Å². The minimum atomic E-state index is -0.448. The fourth-order valence-electron chi connectivity index (χ4n) is 6.14. The highest BCUT2D eigenvalue weighted by atomic mass is 16.7. The summed E-state index contributed by atoms with van der Waals surface area (Å²) in [6.07, 6.45) is 1.42. The first kappa shape index (κ1) is 29.3. The van der Waals surface area contributed by atoms with E-state index in [1.165, 1.54) is 0 Å². The normalized spacial score (nSPS) is 45.4. The molecular weight excluding hydrogens is 430 g/mol. The van der Waals surface area contributed by atoms with Crippen molar-refractivity contribution < 1.29 is 23.8 Å². The highest BCUT2D eigenvalue weighted by Gasteiger charge is 2.43. The van der Waals surface area contributed by atoms with Gasteiger partial charge in [0.25, 0.3) is 0 Å². The molecule has 2 aliphatic rings. The quantitative estimate of drug-likeness (QED) is 0.515. The van der Waals surface area contributed by atoms with E-state index in [-0.39, 0.29) is 59.8 Å². The van der Waals surface area contributed by atoms with Crippen LogP contribution in [0.5, 0.6) is 0 Å². The summed E-state index contributed by atoms with van der Waals surface area (Å²) in [7, 11) is 4.19. The number of cyclic esters (lactones) is 1. The molecule has 0 aromatic heterocycles. The largest absolute Gasteiger partial charge is 0.462 e. The maximum Gasteiger partial charge on any atom is 0.311 e. The monoisotopic (exact) mass is 481 g/mol. The molecule has 2 rings (SSSR count). The fraction of sp³-hybridized carbons (Fsp3) is 0.929. The summed E-state index contributed by atoms with van der Waals surface area (Å²) in [5.41, 5.74) is 0. The fourth-order valence-corrected chi connectivity index (χ4v) is 6.14. The van der Waals surface area contributed by atoms with Crippen molar-refractivity contribution in [1.82, 2.24) is 4.90 Å². The van der Waals surface area contributed by atoms with Gasteiger partial charge in [-0.25, -0.2) is 0 Å². The Morgan fingerprint density at radius 3 is 2.06 bits per heavy atom. The Morgan fingerprint density at radius 2 is 1.50 bits per heavy atom. The number of ether oxygens (including phenoxy) is 3. The molecule has 0 aromatic carbocycles. The zero-order chi connectivity index (χ0) is 25.9. The molecule has 198 valence electrons. The summed E-state index contributed by atoms with van der Waals surface area (Å²) in [5, 5.41) is 0. The maximum absolute atomic E-state index is 13.4. The summed E-state index contributed by atoms with van der Waals surface area (Å²) in [6, 6.07) is 0.339. The Balaban J connectivity index is 2.36. The van der Waals surface area contributed by atoms with Crippen LogP contribution in [0.4, 0.5) is 0 Å². The van der Waals surface area contributed by atoms with Crippen LogP contribution < -0.4 is 0 Å². The molecule has 6 nitrogen and oxygen atoms in total. The maximum atomic E-state index is 13.4. The van der Waals surface area contributed by atoms with Gasteiger partial charge in [-0.05, 0) is 65.0 Å². The number of nitrogens with zero attached hydrogens (tertiary/aromatic N) is 1. The van der Waals surface area contributed by atoms with Crippen LogP contribution in [0.3, 0.4) is 0 Å². The lowest BCUT2D eigenvalue weighted by atomic mass is 9.74. The molecular formula is C28H51NO5. The number of esters is 1. The van der Waals surface area contributed by atoms with Gasteiger partial charge in [-0.3, -0.25) is 9.59 Å². The van der Waals surface area contributed by atoms with Crippen molar-refractivity contribution in [2.24, 2.45) is 41.4 Å². The zero-order valence-electron chi connectivity index (χ0n) is 23.5. The first-order valence-electron chi connectivity index (χ1n) is 13.5. The first-order valence-corrected chi connectivity index (χ1v) is 13.5. The van der Waals surface area contributed by atoms with E-state index in [2.05, 4.69) is 53.6 Å². The van der Waals surface area contributed by atoms with Gasteiger partial charge in [-0.1, -0.05) is 48.5 Å². The van der Waals surface area contributed by atoms with E-state index < -0.39 is 12.2 Å². The van der Waals surface area contributed by atoms with Gasteiger partial charge in [0.15, 0.2) is 6.29 Å². The highest BCUT2D eigenvalue weighted by molar-refractivity contribution is 5.83. The second-order valence-electron chi connectivity index (χ2n) is 11.7. The van der Waals surface area contributed by atoms with Gasteiger partial charge in [0, 0.05) is 23.8 Å². The molecule has 6 heteroatoms. The number of carbonyl (C=O) groups is 2. The number of carbonyl (C=O) groups excluding carboxylic acids is 2. The SMILES string of the molecule is CC[C@H]1OC(=O)C(C)[C@@H](O[C@@H]2O[C@H](C)C[C@H](N(C)C)C2C)[C@@H](C)C[C@@H](C)C(=O)C(C)[C@@H](C)[C@H]1C. The van der Waals surface area contributed by atoms with Crippen LogP contribution >= 0.6 is 0 Å². The van der Waals surface area contributed by atoms with E-state index >= 15 is 0 Å². The average Bonchev–Trinajstić information content (AvgIpc) is 2.79. The third kappa shape index (κ3) is 6.61. The molecule has 0 saturated carbocycles. The molecule has 2 aliphatic heterocycles.